The van der Waals surface area contributed by atoms with Crippen molar-refractivity contribution in [1.29, 1.82) is 0 Å². The molecule has 0 amide bonds. The number of rotatable bonds is 5. The van der Waals surface area contributed by atoms with Crippen molar-refractivity contribution < 1.29 is 19.7 Å². The highest BCUT2D eigenvalue weighted by atomic mass is 16.5. The lowest BCUT2D eigenvalue weighted by molar-refractivity contribution is -0.255. The van der Waals surface area contributed by atoms with Gasteiger partial charge in [0, 0.05) is 0 Å². The molecule has 1 rings (SSSR count). The van der Waals surface area contributed by atoms with Crippen LogP contribution in [0, 0.1) is 0 Å². The van der Waals surface area contributed by atoms with E-state index in [4.69, 9.17) is 15.6 Å². The number of imidazole rings is 1. The zero-order valence-electron chi connectivity index (χ0n) is 7.34. The summed E-state index contributed by atoms with van der Waals surface area (Å²) in [6.07, 6.45) is 1.23. The van der Waals surface area contributed by atoms with E-state index in [2.05, 4.69) is 4.98 Å². The standard InChI is InChI=1S/C7H11N3O4/c8-6-5(7(12)13)9-3-10(6)4-14-2-1-11/h3,11H,1-2,4,8H2,(H,12,13)/p-1. The van der Waals surface area contributed by atoms with Gasteiger partial charge in [0.1, 0.15) is 18.2 Å². The van der Waals surface area contributed by atoms with Crippen LogP contribution in [0.2, 0.25) is 0 Å². The van der Waals surface area contributed by atoms with Gasteiger partial charge in [0.2, 0.25) is 0 Å². The third-order valence-electron chi connectivity index (χ3n) is 1.54. The lowest BCUT2D eigenvalue weighted by Crippen LogP contribution is -2.24. The van der Waals surface area contributed by atoms with Crippen LogP contribution in [0.25, 0.3) is 0 Å². The third-order valence-corrected chi connectivity index (χ3v) is 1.54. The van der Waals surface area contributed by atoms with Crippen molar-refractivity contribution in [3.8, 4) is 0 Å². The van der Waals surface area contributed by atoms with E-state index in [1.165, 1.54) is 10.9 Å². The maximum absolute atomic E-state index is 10.4. The molecule has 1 heterocycles. The van der Waals surface area contributed by atoms with Gasteiger partial charge in [-0.25, -0.2) is 4.98 Å². The molecule has 0 radical (unpaired) electrons. The molecule has 0 spiro atoms. The molecule has 0 aliphatic carbocycles. The van der Waals surface area contributed by atoms with E-state index in [1.807, 2.05) is 0 Å². The predicted molar refractivity (Wildman–Crippen MR) is 44.0 cm³/mol. The average Bonchev–Trinajstić information content (AvgIpc) is 2.48. The third kappa shape index (κ3) is 2.21. The van der Waals surface area contributed by atoms with E-state index in [9.17, 15) is 9.90 Å². The first kappa shape index (κ1) is 10.5. The topological polar surface area (TPSA) is 113 Å². The summed E-state index contributed by atoms with van der Waals surface area (Å²) in [6, 6.07) is 0. The molecule has 0 bridgehead atoms. The van der Waals surface area contributed by atoms with Crippen molar-refractivity contribution in [2.24, 2.45) is 0 Å². The van der Waals surface area contributed by atoms with Crippen LogP contribution in [-0.4, -0.2) is 33.8 Å². The number of hydrogen-bond donors (Lipinski definition) is 2. The number of nitrogens with zero attached hydrogens (tertiary/aromatic N) is 2. The molecular formula is C7H10N3O4-. The molecule has 0 fully saturated rings. The number of aliphatic hydroxyl groups is 1. The normalized spacial score (nSPS) is 10.4. The molecule has 0 aliphatic rings. The molecule has 7 nitrogen and oxygen atoms in total. The molecule has 0 saturated heterocycles. The van der Waals surface area contributed by atoms with Crippen molar-refractivity contribution in [2.75, 3.05) is 18.9 Å². The highest BCUT2D eigenvalue weighted by Gasteiger charge is 2.07. The second-order valence-corrected chi connectivity index (χ2v) is 2.50. The van der Waals surface area contributed by atoms with Crippen LogP contribution < -0.4 is 10.8 Å². The van der Waals surface area contributed by atoms with Crippen LogP contribution in [0.1, 0.15) is 10.5 Å². The predicted octanol–water partition coefficient (Wildman–Crippen LogP) is -2.20. The molecule has 0 unspecified atom stereocenters. The summed E-state index contributed by atoms with van der Waals surface area (Å²) in [5, 5.41) is 18.8. The lowest BCUT2D eigenvalue weighted by Gasteiger charge is -2.05. The number of hydrogen-bond acceptors (Lipinski definition) is 6. The number of carboxylic acids is 1. The van der Waals surface area contributed by atoms with Gasteiger partial charge >= 0.3 is 0 Å². The Morgan fingerprint density at radius 3 is 3.00 bits per heavy atom. The Balaban J connectivity index is 2.65. The largest absolute Gasteiger partial charge is 0.543 e. The van der Waals surface area contributed by atoms with Gasteiger partial charge in [-0.2, -0.15) is 0 Å². The van der Waals surface area contributed by atoms with Crippen molar-refractivity contribution >= 4 is 11.8 Å². The monoisotopic (exact) mass is 200 g/mol. The van der Waals surface area contributed by atoms with E-state index in [0.29, 0.717) is 0 Å². The Kier molecular flexibility index (Phi) is 3.43. The van der Waals surface area contributed by atoms with Crippen molar-refractivity contribution in [3.63, 3.8) is 0 Å². The first-order valence-corrected chi connectivity index (χ1v) is 3.87. The Bertz CT molecular complexity index is 323. The van der Waals surface area contributed by atoms with Crippen molar-refractivity contribution in [2.45, 2.75) is 6.73 Å². The molecule has 1 aromatic heterocycles. The quantitative estimate of drug-likeness (QED) is 0.521. The Labute approximate surface area is 79.7 Å². The molecule has 1 aromatic rings. The van der Waals surface area contributed by atoms with Gasteiger partial charge in [-0.05, 0) is 0 Å². The summed E-state index contributed by atoms with van der Waals surface area (Å²) in [4.78, 5) is 13.9. The summed E-state index contributed by atoms with van der Waals surface area (Å²) in [5.74, 6) is -1.45. The number of carboxylic acid groups (broad SMARTS) is 1. The maximum atomic E-state index is 10.4. The molecule has 0 aliphatic heterocycles. The second-order valence-electron chi connectivity index (χ2n) is 2.50. The zero-order chi connectivity index (χ0) is 10.6. The summed E-state index contributed by atoms with van der Waals surface area (Å²) >= 11 is 0. The van der Waals surface area contributed by atoms with Crippen LogP contribution in [0.15, 0.2) is 6.33 Å². The fraction of sp³-hybridized carbons (Fsp3) is 0.429. The number of nitrogens with two attached hydrogens (primary N) is 1. The van der Waals surface area contributed by atoms with Gasteiger partial charge < -0.3 is 25.5 Å². The van der Waals surface area contributed by atoms with E-state index in [0.717, 1.165) is 0 Å². The highest BCUT2D eigenvalue weighted by molar-refractivity contribution is 5.88. The zero-order valence-corrected chi connectivity index (χ0v) is 7.34. The summed E-state index contributed by atoms with van der Waals surface area (Å²) in [7, 11) is 0. The van der Waals surface area contributed by atoms with E-state index >= 15 is 0 Å². The second kappa shape index (κ2) is 4.58. The van der Waals surface area contributed by atoms with E-state index in [-0.39, 0.29) is 31.5 Å². The fourth-order valence-electron chi connectivity index (χ4n) is 0.879. The van der Waals surface area contributed by atoms with Crippen molar-refractivity contribution in [1.82, 2.24) is 9.55 Å². The minimum absolute atomic E-state index is 0.0251. The van der Waals surface area contributed by atoms with Gasteiger partial charge in [0.05, 0.1) is 25.5 Å². The van der Waals surface area contributed by atoms with Gasteiger partial charge in [-0.15, -0.1) is 0 Å². The molecule has 78 valence electrons. The number of aromatic carboxylic acids is 1. The molecule has 14 heavy (non-hydrogen) atoms. The minimum Gasteiger partial charge on any atom is -0.543 e. The minimum atomic E-state index is -1.43. The Morgan fingerprint density at radius 2 is 2.50 bits per heavy atom. The highest BCUT2D eigenvalue weighted by Crippen LogP contribution is 2.08. The number of ether oxygens (including phenoxy) is 1. The van der Waals surface area contributed by atoms with Gasteiger partial charge in [-0.3, -0.25) is 4.57 Å². The van der Waals surface area contributed by atoms with Crippen LogP contribution in [0.3, 0.4) is 0 Å². The number of carbonyl (C=O) groups excluding carboxylic acids is 1. The number of nitrogen functional groups attached to an aromatic ring is 1. The molecular weight excluding hydrogens is 190 g/mol. The fourth-order valence-corrected chi connectivity index (χ4v) is 0.879. The number of aromatic nitrogens is 2. The molecule has 0 aromatic carbocycles. The molecule has 3 N–H and O–H groups in total. The molecule has 0 atom stereocenters. The first-order valence-electron chi connectivity index (χ1n) is 3.87. The summed E-state index contributed by atoms with van der Waals surface area (Å²) in [6.45, 7) is 0.0902. The SMILES string of the molecule is Nc1c(C(=O)[O-])ncn1COCCO. The molecule has 7 heteroatoms. The van der Waals surface area contributed by atoms with Crippen LogP contribution in [0.5, 0.6) is 0 Å². The van der Waals surface area contributed by atoms with Crippen molar-refractivity contribution in [3.05, 3.63) is 12.0 Å². The maximum Gasteiger partial charge on any atom is 0.134 e. The van der Waals surface area contributed by atoms with E-state index in [1.54, 1.807) is 0 Å². The van der Waals surface area contributed by atoms with Crippen LogP contribution >= 0.6 is 0 Å². The van der Waals surface area contributed by atoms with Crippen LogP contribution in [0.4, 0.5) is 5.82 Å². The summed E-state index contributed by atoms with van der Waals surface area (Å²) < 4.78 is 6.23. The first-order chi connectivity index (χ1) is 6.66. The number of aliphatic hydroxyl groups excluding tert-OH is 1. The van der Waals surface area contributed by atoms with Gasteiger partial charge in [0.25, 0.3) is 0 Å². The lowest BCUT2D eigenvalue weighted by atomic mass is 10.4. The number of anilines is 1. The van der Waals surface area contributed by atoms with E-state index < -0.39 is 5.97 Å². The Morgan fingerprint density at radius 1 is 1.79 bits per heavy atom. The Hall–Kier alpha value is -1.60. The average molecular weight is 200 g/mol. The van der Waals surface area contributed by atoms with Crippen LogP contribution in [-0.2, 0) is 11.5 Å². The number of carbonyl (C=O) groups is 1. The smallest absolute Gasteiger partial charge is 0.134 e. The van der Waals surface area contributed by atoms with Gasteiger partial charge in [0.15, 0.2) is 0 Å². The van der Waals surface area contributed by atoms with Gasteiger partial charge in [-0.1, -0.05) is 0 Å². The molecule has 0 saturated carbocycles. The summed E-state index contributed by atoms with van der Waals surface area (Å²) in [5.41, 5.74) is 5.12.